The minimum absolute atomic E-state index is 0.0399. The van der Waals surface area contributed by atoms with Gasteiger partial charge in [-0.15, -0.1) is 0 Å². The van der Waals surface area contributed by atoms with E-state index < -0.39 is 0 Å². The van der Waals surface area contributed by atoms with E-state index in [4.69, 9.17) is 11.6 Å². The molecule has 0 bridgehead atoms. The molecule has 4 heteroatoms. The van der Waals surface area contributed by atoms with Crippen molar-refractivity contribution in [3.63, 3.8) is 0 Å². The molecule has 108 valence electrons. The molecule has 0 spiro atoms. The normalized spacial score (nSPS) is 20.5. The van der Waals surface area contributed by atoms with Crippen molar-refractivity contribution < 1.29 is 5.11 Å². The van der Waals surface area contributed by atoms with E-state index in [1.807, 2.05) is 11.7 Å². The quantitative estimate of drug-likeness (QED) is 0.919. The number of halogens is 1. The number of rotatable bonds is 4. The van der Waals surface area contributed by atoms with Crippen LogP contribution in [-0.4, -0.2) is 21.0 Å². The highest BCUT2D eigenvalue weighted by Crippen LogP contribution is 2.40. The first kappa shape index (κ1) is 14.9. The van der Waals surface area contributed by atoms with Crippen molar-refractivity contribution >= 4 is 11.6 Å². The molecule has 1 saturated carbocycles. The maximum atomic E-state index is 10.6. The summed E-state index contributed by atoms with van der Waals surface area (Å²) in [6, 6.07) is 0. The van der Waals surface area contributed by atoms with E-state index in [2.05, 4.69) is 18.9 Å². The maximum absolute atomic E-state index is 10.6. The topological polar surface area (TPSA) is 38.0 Å². The van der Waals surface area contributed by atoms with E-state index in [-0.39, 0.29) is 11.5 Å². The Balaban J connectivity index is 2.14. The smallest absolute Gasteiger partial charge is 0.0850 e. The van der Waals surface area contributed by atoms with Crippen LogP contribution in [0.25, 0.3) is 0 Å². The summed E-state index contributed by atoms with van der Waals surface area (Å²) in [4.78, 5) is 0. The average Bonchev–Trinajstić information content (AvgIpc) is 2.67. The van der Waals surface area contributed by atoms with Crippen molar-refractivity contribution in [2.24, 2.45) is 12.5 Å². The van der Waals surface area contributed by atoms with Crippen LogP contribution in [0.5, 0.6) is 0 Å². The van der Waals surface area contributed by atoms with Gasteiger partial charge in [0, 0.05) is 13.5 Å². The van der Waals surface area contributed by atoms with Gasteiger partial charge in [-0.05, 0) is 24.7 Å². The van der Waals surface area contributed by atoms with Gasteiger partial charge in [0.2, 0.25) is 0 Å². The Morgan fingerprint density at radius 2 is 2.00 bits per heavy atom. The summed E-state index contributed by atoms with van der Waals surface area (Å²) in [5.74, 6) is 0. The van der Waals surface area contributed by atoms with Crippen LogP contribution in [0.2, 0.25) is 5.02 Å². The Morgan fingerprint density at radius 3 is 2.53 bits per heavy atom. The zero-order valence-electron chi connectivity index (χ0n) is 12.2. The molecular weight excluding hydrogens is 260 g/mol. The van der Waals surface area contributed by atoms with E-state index in [9.17, 15) is 5.11 Å². The standard InChI is InChI=1S/C15H25ClN2O/c1-4-11-14(16)12(18(3)17-11)10-13(19)15(2)8-6-5-7-9-15/h13,19H,4-10H2,1-3H3. The summed E-state index contributed by atoms with van der Waals surface area (Å²) in [6.45, 7) is 4.26. The Labute approximate surface area is 121 Å². The lowest BCUT2D eigenvalue weighted by Gasteiger charge is -2.38. The fraction of sp³-hybridized carbons (Fsp3) is 0.800. The predicted octanol–water partition coefficient (Wildman–Crippen LogP) is 3.51. The molecule has 2 rings (SSSR count). The molecule has 1 atom stereocenters. The van der Waals surface area contributed by atoms with Gasteiger partial charge in [-0.25, -0.2) is 0 Å². The minimum Gasteiger partial charge on any atom is -0.392 e. The van der Waals surface area contributed by atoms with Gasteiger partial charge in [0.05, 0.1) is 22.5 Å². The number of aryl methyl sites for hydroxylation is 2. The molecule has 1 N–H and O–H groups in total. The Bertz CT molecular complexity index is 436. The van der Waals surface area contributed by atoms with Gasteiger partial charge in [-0.1, -0.05) is 44.7 Å². The maximum Gasteiger partial charge on any atom is 0.0850 e. The molecule has 0 radical (unpaired) electrons. The summed E-state index contributed by atoms with van der Waals surface area (Å²) in [5, 5.41) is 15.8. The number of nitrogens with zero attached hydrogens (tertiary/aromatic N) is 2. The van der Waals surface area contributed by atoms with Crippen molar-refractivity contribution in [1.29, 1.82) is 0 Å². The monoisotopic (exact) mass is 284 g/mol. The first-order chi connectivity index (χ1) is 8.98. The van der Waals surface area contributed by atoms with Gasteiger partial charge >= 0.3 is 0 Å². The van der Waals surface area contributed by atoms with Crippen molar-refractivity contribution in [2.75, 3.05) is 0 Å². The van der Waals surface area contributed by atoms with E-state index in [1.165, 1.54) is 19.3 Å². The molecule has 1 heterocycles. The summed E-state index contributed by atoms with van der Waals surface area (Å²) in [5.41, 5.74) is 1.94. The fourth-order valence-corrected chi connectivity index (χ4v) is 3.53. The molecular formula is C15H25ClN2O. The summed E-state index contributed by atoms with van der Waals surface area (Å²) >= 11 is 6.36. The Kier molecular flexibility index (Phi) is 4.57. The lowest BCUT2D eigenvalue weighted by Crippen LogP contribution is -2.36. The highest BCUT2D eigenvalue weighted by molar-refractivity contribution is 6.31. The fourth-order valence-electron chi connectivity index (χ4n) is 3.16. The highest BCUT2D eigenvalue weighted by Gasteiger charge is 2.35. The summed E-state index contributed by atoms with van der Waals surface area (Å²) < 4.78 is 1.83. The molecule has 1 fully saturated rings. The number of hydrogen-bond donors (Lipinski definition) is 1. The van der Waals surface area contributed by atoms with Gasteiger partial charge in [0.1, 0.15) is 0 Å². The van der Waals surface area contributed by atoms with Gasteiger partial charge in [0.15, 0.2) is 0 Å². The molecule has 1 aromatic heterocycles. The van der Waals surface area contributed by atoms with Crippen molar-refractivity contribution in [2.45, 2.75) is 64.9 Å². The second-order valence-electron chi connectivity index (χ2n) is 6.12. The van der Waals surface area contributed by atoms with E-state index >= 15 is 0 Å². The van der Waals surface area contributed by atoms with Crippen LogP contribution < -0.4 is 0 Å². The lowest BCUT2D eigenvalue weighted by molar-refractivity contribution is 0.00925. The van der Waals surface area contributed by atoms with Crippen LogP contribution in [0.15, 0.2) is 0 Å². The molecule has 1 aromatic rings. The molecule has 1 aliphatic rings. The average molecular weight is 285 g/mol. The molecule has 0 amide bonds. The number of aliphatic hydroxyl groups is 1. The van der Waals surface area contributed by atoms with Crippen molar-refractivity contribution in [3.8, 4) is 0 Å². The second kappa shape index (κ2) is 5.84. The summed E-state index contributed by atoms with van der Waals surface area (Å²) in [7, 11) is 1.91. The highest BCUT2D eigenvalue weighted by atomic mass is 35.5. The molecule has 1 aliphatic carbocycles. The molecule has 0 aromatic carbocycles. The molecule has 0 aliphatic heterocycles. The zero-order chi connectivity index (χ0) is 14.0. The van der Waals surface area contributed by atoms with Gasteiger partial charge in [-0.2, -0.15) is 5.10 Å². The van der Waals surface area contributed by atoms with Gasteiger partial charge < -0.3 is 5.11 Å². The second-order valence-corrected chi connectivity index (χ2v) is 6.50. The largest absolute Gasteiger partial charge is 0.392 e. The summed E-state index contributed by atoms with van der Waals surface area (Å²) in [6.07, 6.45) is 7.10. The van der Waals surface area contributed by atoms with E-state index in [1.54, 1.807) is 0 Å². The van der Waals surface area contributed by atoms with E-state index in [0.717, 1.165) is 35.7 Å². The third kappa shape index (κ3) is 2.97. The third-order valence-electron chi connectivity index (χ3n) is 4.69. The van der Waals surface area contributed by atoms with Crippen LogP contribution in [0.3, 0.4) is 0 Å². The molecule has 3 nitrogen and oxygen atoms in total. The third-order valence-corrected chi connectivity index (χ3v) is 5.13. The molecule has 19 heavy (non-hydrogen) atoms. The number of aliphatic hydroxyl groups excluding tert-OH is 1. The first-order valence-electron chi connectivity index (χ1n) is 7.36. The van der Waals surface area contributed by atoms with Crippen LogP contribution >= 0.6 is 11.6 Å². The Morgan fingerprint density at radius 1 is 1.37 bits per heavy atom. The van der Waals surface area contributed by atoms with Crippen molar-refractivity contribution in [3.05, 3.63) is 16.4 Å². The van der Waals surface area contributed by atoms with Crippen molar-refractivity contribution in [1.82, 2.24) is 9.78 Å². The van der Waals surface area contributed by atoms with Crippen LogP contribution in [-0.2, 0) is 19.9 Å². The Hall–Kier alpha value is -0.540. The number of aromatic nitrogens is 2. The minimum atomic E-state index is -0.328. The van der Waals surface area contributed by atoms with Crippen LogP contribution in [0.1, 0.15) is 57.3 Å². The first-order valence-corrected chi connectivity index (χ1v) is 7.74. The SMILES string of the molecule is CCc1nn(C)c(CC(O)C2(C)CCCCC2)c1Cl. The van der Waals surface area contributed by atoms with Gasteiger partial charge in [-0.3, -0.25) is 4.68 Å². The van der Waals surface area contributed by atoms with Gasteiger partial charge in [0.25, 0.3) is 0 Å². The lowest BCUT2D eigenvalue weighted by atomic mass is 9.70. The van der Waals surface area contributed by atoms with Crippen LogP contribution in [0.4, 0.5) is 0 Å². The number of hydrogen-bond acceptors (Lipinski definition) is 2. The van der Waals surface area contributed by atoms with E-state index in [0.29, 0.717) is 6.42 Å². The predicted molar refractivity (Wildman–Crippen MR) is 78.5 cm³/mol. The molecule has 1 unspecified atom stereocenters. The molecule has 0 saturated heterocycles. The zero-order valence-corrected chi connectivity index (χ0v) is 13.0. The van der Waals surface area contributed by atoms with Crippen LogP contribution in [0, 0.1) is 5.41 Å².